The zero-order chi connectivity index (χ0) is 23.1. The van der Waals surface area contributed by atoms with Gasteiger partial charge in [0.2, 0.25) is 0 Å². The van der Waals surface area contributed by atoms with Crippen LogP contribution in [0.25, 0.3) is 0 Å². The molecule has 0 fully saturated rings. The molecule has 0 unspecified atom stereocenters. The summed E-state index contributed by atoms with van der Waals surface area (Å²) in [6.07, 6.45) is 0. The van der Waals surface area contributed by atoms with Crippen molar-refractivity contribution in [3.8, 4) is 5.75 Å². The Balaban J connectivity index is 1.65. The fraction of sp³-hybridized carbons (Fsp3) is 0.125. The number of carbonyl (C=O) groups excluding carboxylic acids is 3. The van der Waals surface area contributed by atoms with Gasteiger partial charge in [0.05, 0.1) is 24.0 Å². The Hall–Kier alpha value is -3.84. The predicted octanol–water partition coefficient (Wildman–Crippen LogP) is 4.70. The largest absolute Gasteiger partial charge is 0.495 e. The van der Waals surface area contributed by atoms with Gasteiger partial charge in [-0.1, -0.05) is 41.4 Å². The predicted molar refractivity (Wildman–Crippen MR) is 122 cm³/mol. The van der Waals surface area contributed by atoms with E-state index in [9.17, 15) is 14.4 Å². The van der Waals surface area contributed by atoms with Crippen LogP contribution in [0.2, 0.25) is 5.02 Å². The maximum atomic E-state index is 12.6. The van der Waals surface area contributed by atoms with Crippen LogP contribution >= 0.6 is 11.6 Å². The van der Waals surface area contributed by atoms with Crippen molar-refractivity contribution in [2.45, 2.75) is 6.92 Å². The Morgan fingerprint density at radius 2 is 1.69 bits per heavy atom. The number of carbonyl (C=O) groups is 3. The molecule has 2 N–H and O–H groups in total. The number of hydrogen-bond donors (Lipinski definition) is 2. The molecule has 3 aromatic rings. The topological polar surface area (TPSA) is 93.7 Å². The van der Waals surface area contributed by atoms with E-state index in [1.165, 1.54) is 19.2 Å². The van der Waals surface area contributed by atoms with E-state index in [-0.39, 0.29) is 17.2 Å². The van der Waals surface area contributed by atoms with Crippen LogP contribution in [-0.4, -0.2) is 31.5 Å². The highest BCUT2D eigenvalue weighted by Crippen LogP contribution is 2.27. The molecule has 7 nitrogen and oxygen atoms in total. The van der Waals surface area contributed by atoms with Crippen LogP contribution in [0, 0.1) is 6.92 Å². The van der Waals surface area contributed by atoms with Crippen molar-refractivity contribution < 1.29 is 23.9 Å². The number of benzene rings is 3. The second kappa shape index (κ2) is 10.5. The van der Waals surface area contributed by atoms with Gasteiger partial charge in [0, 0.05) is 10.6 Å². The molecule has 3 rings (SSSR count). The van der Waals surface area contributed by atoms with Gasteiger partial charge in [-0.25, -0.2) is 4.79 Å². The molecule has 0 aromatic heterocycles. The number of rotatable bonds is 7. The van der Waals surface area contributed by atoms with Crippen molar-refractivity contribution >= 4 is 40.8 Å². The number of anilines is 2. The summed E-state index contributed by atoms with van der Waals surface area (Å²) in [6.45, 7) is 1.35. The number of nitrogens with one attached hydrogen (secondary N) is 2. The molecule has 0 bridgehead atoms. The fourth-order valence-corrected chi connectivity index (χ4v) is 3.10. The molecule has 0 radical (unpaired) electrons. The van der Waals surface area contributed by atoms with E-state index in [4.69, 9.17) is 21.1 Å². The quantitative estimate of drug-likeness (QED) is 0.506. The zero-order valence-electron chi connectivity index (χ0n) is 17.5. The summed E-state index contributed by atoms with van der Waals surface area (Å²) in [7, 11) is 1.46. The van der Waals surface area contributed by atoms with Gasteiger partial charge < -0.3 is 20.1 Å². The molecule has 0 aliphatic carbocycles. The number of methoxy groups -OCH3 is 1. The van der Waals surface area contributed by atoms with E-state index in [2.05, 4.69) is 10.6 Å². The van der Waals surface area contributed by atoms with Crippen molar-refractivity contribution in [3.05, 3.63) is 88.4 Å². The first kappa shape index (κ1) is 22.8. The van der Waals surface area contributed by atoms with Gasteiger partial charge >= 0.3 is 5.97 Å². The van der Waals surface area contributed by atoms with Crippen molar-refractivity contribution in [3.63, 3.8) is 0 Å². The summed E-state index contributed by atoms with van der Waals surface area (Å²) in [5.74, 6) is -1.27. The normalized spacial score (nSPS) is 10.2. The lowest BCUT2D eigenvalue weighted by Crippen LogP contribution is -2.22. The molecule has 0 atom stereocenters. The molecule has 3 aromatic carbocycles. The standard InChI is InChI=1S/C24H21ClN2O5/c1-15-6-5-7-16(12-15)23(29)27-19-9-4-3-8-18(19)24(30)32-14-22(28)26-20-13-17(25)10-11-21(20)31-2/h3-13H,14H2,1-2H3,(H,26,28)(H,27,29). The van der Waals surface area contributed by atoms with Crippen molar-refractivity contribution in [2.24, 2.45) is 0 Å². The second-order valence-corrected chi connectivity index (χ2v) is 7.27. The van der Waals surface area contributed by atoms with Crippen molar-refractivity contribution in [1.82, 2.24) is 0 Å². The minimum Gasteiger partial charge on any atom is -0.495 e. The number of amides is 2. The Morgan fingerprint density at radius 1 is 0.906 bits per heavy atom. The van der Waals surface area contributed by atoms with Crippen molar-refractivity contribution in [1.29, 1.82) is 0 Å². The third kappa shape index (κ3) is 5.86. The van der Waals surface area contributed by atoms with Crippen LogP contribution in [0.4, 0.5) is 11.4 Å². The maximum Gasteiger partial charge on any atom is 0.340 e. The average molecular weight is 453 g/mol. The van der Waals surface area contributed by atoms with Crippen molar-refractivity contribution in [2.75, 3.05) is 24.4 Å². The van der Waals surface area contributed by atoms with E-state index in [0.717, 1.165) is 5.56 Å². The van der Waals surface area contributed by atoms with Crippen LogP contribution in [0.1, 0.15) is 26.3 Å². The lowest BCUT2D eigenvalue weighted by Gasteiger charge is -2.12. The smallest absolute Gasteiger partial charge is 0.340 e. The third-order valence-electron chi connectivity index (χ3n) is 4.45. The maximum absolute atomic E-state index is 12.6. The monoisotopic (exact) mass is 452 g/mol. The number of esters is 1. The van der Waals surface area contributed by atoms with Crippen LogP contribution < -0.4 is 15.4 Å². The molecule has 0 aliphatic heterocycles. The van der Waals surface area contributed by atoms with E-state index in [1.54, 1.807) is 48.5 Å². The molecule has 0 saturated heterocycles. The molecule has 0 heterocycles. The van der Waals surface area contributed by atoms with E-state index >= 15 is 0 Å². The van der Waals surface area contributed by atoms with Crippen LogP contribution in [-0.2, 0) is 9.53 Å². The molecule has 32 heavy (non-hydrogen) atoms. The zero-order valence-corrected chi connectivity index (χ0v) is 18.2. The number of aryl methyl sites for hydroxylation is 1. The van der Waals surface area contributed by atoms with Crippen LogP contribution in [0.3, 0.4) is 0 Å². The average Bonchev–Trinajstić information content (AvgIpc) is 2.78. The molecule has 8 heteroatoms. The van der Waals surface area contributed by atoms with Gasteiger partial charge in [-0.3, -0.25) is 9.59 Å². The van der Waals surface area contributed by atoms with Gasteiger partial charge in [-0.15, -0.1) is 0 Å². The van der Waals surface area contributed by atoms with Gasteiger partial charge in [-0.05, 0) is 49.4 Å². The van der Waals surface area contributed by atoms with E-state index < -0.39 is 18.5 Å². The number of hydrogen-bond acceptors (Lipinski definition) is 5. The first-order valence-electron chi connectivity index (χ1n) is 9.65. The third-order valence-corrected chi connectivity index (χ3v) is 4.68. The molecule has 0 saturated carbocycles. The number of ether oxygens (including phenoxy) is 2. The molecule has 164 valence electrons. The SMILES string of the molecule is COc1ccc(Cl)cc1NC(=O)COC(=O)c1ccccc1NC(=O)c1cccc(C)c1. The summed E-state index contributed by atoms with van der Waals surface area (Å²) in [5, 5.41) is 5.71. The Bertz CT molecular complexity index is 1160. The lowest BCUT2D eigenvalue weighted by molar-refractivity contribution is -0.119. The molecule has 2 amide bonds. The van der Waals surface area contributed by atoms with E-state index in [0.29, 0.717) is 22.0 Å². The lowest BCUT2D eigenvalue weighted by atomic mass is 10.1. The van der Waals surface area contributed by atoms with Gasteiger partial charge in [-0.2, -0.15) is 0 Å². The first-order valence-corrected chi connectivity index (χ1v) is 10.0. The van der Waals surface area contributed by atoms with Gasteiger partial charge in [0.1, 0.15) is 5.75 Å². The van der Waals surface area contributed by atoms with Crippen LogP contribution in [0.15, 0.2) is 66.7 Å². The molecule has 0 aliphatic rings. The second-order valence-electron chi connectivity index (χ2n) is 6.84. The first-order chi connectivity index (χ1) is 15.4. The highest BCUT2D eigenvalue weighted by atomic mass is 35.5. The summed E-state index contributed by atoms with van der Waals surface area (Å²) < 4.78 is 10.3. The molecule has 0 spiro atoms. The Kier molecular flexibility index (Phi) is 7.46. The highest BCUT2D eigenvalue weighted by molar-refractivity contribution is 6.31. The summed E-state index contributed by atoms with van der Waals surface area (Å²) in [5.41, 5.74) is 2.16. The highest BCUT2D eigenvalue weighted by Gasteiger charge is 2.17. The van der Waals surface area contributed by atoms with Gasteiger partial charge in [0.15, 0.2) is 6.61 Å². The molecular formula is C24H21ClN2O5. The number of para-hydroxylation sites is 1. The van der Waals surface area contributed by atoms with E-state index in [1.807, 2.05) is 13.0 Å². The minimum atomic E-state index is -0.752. The summed E-state index contributed by atoms with van der Waals surface area (Å²) in [6, 6.07) is 18.2. The summed E-state index contributed by atoms with van der Waals surface area (Å²) >= 11 is 5.95. The Morgan fingerprint density at radius 3 is 2.44 bits per heavy atom. The Labute approximate surface area is 190 Å². The van der Waals surface area contributed by atoms with Crippen LogP contribution in [0.5, 0.6) is 5.75 Å². The minimum absolute atomic E-state index is 0.127. The fourth-order valence-electron chi connectivity index (χ4n) is 2.92. The summed E-state index contributed by atoms with van der Waals surface area (Å²) in [4.78, 5) is 37.4. The number of halogens is 1. The van der Waals surface area contributed by atoms with Gasteiger partial charge in [0.25, 0.3) is 11.8 Å². The molecular weight excluding hydrogens is 432 g/mol.